The summed E-state index contributed by atoms with van der Waals surface area (Å²) in [7, 11) is 3.74. The molecule has 0 saturated carbocycles. The molecule has 1 atom stereocenters. The van der Waals surface area contributed by atoms with E-state index in [1.165, 1.54) is 13.3 Å². The van der Waals surface area contributed by atoms with E-state index in [0.29, 0.717) is 60.5 Å². The molecular weight excluding hydrogens is 536 g/mol. The number of piperazine rings is 1. The van der Waals surface area contributed by atoms with Gasteiger partial charge in [0.25, 0.3) is 5.91 Å². The van der Waals surface area contributed by atoms with E-state index in [1.807, 2.05) is 18.2 Å². The molecule has 2 saturated heterocycles. The van der Waals surface area contributed by atoms with Gasteiger partial charge in [-0.3, -0.25) is 4.79 Å². The lowest BCUT2D eigenvalue weighted by Crippen LogP contribution is -2.45. The first-order valence-electron chi connectivity index (χ1n) is 14.1. The van der Waals surface area contributed by atoms with Crippen molar-refractivity contribution in [2.75, 3.05) is 63.6 Å². The lowest BCUT2D eigenvalue weighted by atomic mass is 10.1. The van der Waals surface area contributed by atoms with Crippen molar-refractivity contribution >= 4 is 23.2 Å². The first-order chi connectivity index (χ1) is 20.3. The molecule has 220 valence electrons. The second-order valence-electron chi connectivity index (χ2n) is 10.6. The van der Waals surface area contributed by atoms with Gasteiger partial charge in [0, 0.05) is 63.7 Å². The Morgan fingerprint density at radius 1 is 1.07 bits per heavy atom. The number of pyridine rings is 1. The summed E-state index contributed by atoms with van der Waals surface area (Å²) >= 11 is 0. The number of nitrogens with one attached hydrogen (secondary N) is 1. The fourth-order valence-corrected chi connectivity index (χ4v) is 5.17. The van der Waals surface area contributed by atoms with Crippen LogP contribution in [0.15, 0.2) is 42.7 Å². The van der Waals surface area contributed by atoms with E-state index in [9.17, 15) is 15.2 Å². The minimum atomic E-state index is -1.01. The molecule has 12 heteroatoms. The predicted molar refractivity (Wildman–Crippen MR) is 158 cm³/mol. The zero-order valence-corrected chi connectivity index (χ0v) is 24.2. The van der Waals surface area contributed by atoms with E-state index in [0.717, 1.165) is 37.4 Å². The molecule has 0 aliphatic carbocycles. The SMILES string of the molecule is COc1nc(Nc2cc(-c3ccc(OC4CCN(C(=O)C(C)O)CC4)c(C#N)c3)ncn2)ccc1N1CCN(C)CC1. The van der Waals surface area contributed by atoms with Gasteiger partial charge in [0.05, 0.1) is 18.4 Å². The van der Waals surface area contributed by atoms with Crippen LogP contribution in [0.2, 0.25) is 0 Å². The third-order valence-electron chi connectivity index (χ3n) is 7.60. The Hall–Kier alpha value is -4.47. The Morgan fingerprint density at radius 2 is 1.83 bits per heavy atom. The van der Waals surface area contributed by atoms with Crippen LogP contribution in [0.4, 0.5) is 17.3 Å². The first-order valence-corrected chi connectivity index (χ1v) is 14.1. The van der Waals surface area contributed by atoms with Crippen molar-refractivity contribution in [3.05, 3.63) is 48.3 Å². The quantitative estimate of drug-likeness (QED) is 0.412. The molecule has 12 nitrogen and oxygen atoms in total. The minimum Gasteiger partial charge on any atom is -0.489 e. The molecule has 2 aliphatic heterocycles. The molecule has 1 amide bonds. The van der Waals surface area contributed by atoms with E-state index in [2.05, 4.69) is 43.2 Å². The van der Waals surface area contributed by atoms with Gasteiger partial charge in [-0.05, 0) is 44.3 Å². The molecule has 2 aromatic heterocycles. The average molecular weight is 573 g/mol. The fraction of sp³-hybridized carbons (Fsp3) is 0.433. The Kier molecular flexibility index (Phi) is 9.00. The summed E-state index contributed by atoms with van der Waals surface area (Å²) in [6.45, 7) is 6.28. The van der Waals surface area contributed by atoms with Crippen molar-refractivity contribution in [3.8, 4) is 29.0 Å². The molecular formula is C30H36N8O4. The molecule has 4 heterocycles. The van der Waals surface area contributed by atoms with Crippen LogP contribution in [-0.4, -0.2) is 101 Å². The largest absolute Gasteiger partial charge is 0.489 e. The zero-order chi connectivity index (χ0) is 29.6. The first kappa shape index (κ1) is 29.0. The number of piperidine rings is 1. The lowest BCUT2D eigenvalue weighted by molar-refractivity contribution is -0.141. The predicted octanol–water partition coefficient (Wildman–Crippen LogP) is 2.66. The molecule has 5 rings (SSSR count). The number of nitriles is 1. The van der Waals surface area contributed by atoms with Gasteiger partial charge in [0.15, 0.2) is 0 Å². The number of anilines is 3. The van der Waals surface area contributed by atoms with Crippen LogP contribution in [0.3, 0.4) is 0 Å². The molecule has 0 radical (unpaired) electrons. The lowest BCUT2D eigenvalue weighted by Gasteiger charge is -2.34. The molecule has 42 heavy (non-hydrogen) atoms. The normalized spacial score (nSPS) is 16.9. The number of hydrogen-bond donors (Lipinski definition) is 2. The van der Waals surface area contributed by atoms with E-state index < -0.39 is 6.10 Å². The molecule has 0 spiro atoms. The van der Waals surface area contributed by atoms with Gasteiger partial charge in [0.2, 0.25) is 5.88 Å². The number of methoxy groups -OCH3 is 1. The molecule has 2 fully saturated rings. The summed E-state index contributed by atoms with van der Waals surface area (Å²) in [5, 5.41) is 22.6. The van der Waals surface area contributed by atoms with Gasteiger partial charge in [-0.25, -0.2) is 9.97 Å². The van der Waals surface area contributed by atoms with Crippen molar-refractivity contribution in [2.24, 2.45) is 0 Å². The average Bonchev–Trinajstić information content (AvgIpc) is 3.01. The van der Waals surface area contributed by atoms with Crippen LogP contribution in [0.1, 0.15) is 25.3 Å². The molecule has 1 aromatic carbocycles. The molecule has 2 aliphatic rings. The van der Waals surface area contributed by atoms with Crippen LogP contribution >= 0.6 is 0 Å². The molecule has 1 unspecified atom stereocenters. The molecule has 3 aromatic rings. The second kappa shape index (κ2) is 13.0. The summed E-state index contributed by atoms with van der Waals surface area (Å²) in [6, 6.07) is 13.3. The smallest absolute Gasteiger partial charge is 0.251 e. The van der Waals surface area contributed by atoms with Gasteiger partial charge in [0.1, 0.15) is 47.7 Å². The van der Waals surface area contributed by atoms with E-state index >= 15 is 0 Å². The summed E-state index contributed by atoms with van der Waals surface area (Å²) in [6.07, 6.45) is 1.58. The number of benzene rings is 1. The number of aromatic nitrogens is 3. The number of hydrogen-bond acceptors (Lipinski definition) is 11. The van der Waals surface area contributed by atoms with Gasteiger partial charge in [-0.2, -0.15) is 10.2 Å². The summed E-state index contributed by atoms with van der Waals surface area (Å²) in [5.74, 6) is 1.92. The van der Waals surface area contributed by atoms with E-state index in [-0.39, 0.29) is 12.0 Å². The van der Waals surface area contributed by atoms with Gasteiger partial charge in [-0.15, -0.1) is 0 Å². The number of aliphatic hydroxyl groups is 1. The maximum absolute atomic E-state index is 12.0. The maximum Gasteiger partial charge on any atom is 0.251 e. The third kappa shape index (κ3) is 6.70. The highest BCUT2D eigenvalue weighted by atomic mass is 16.5. The fourth-order valence-electron chi connectivity index (χ4n) is 5.17. The number of ether oxygens (including phenoxy) is 2. The Morgan fingerprint density at radius 3 is 2.52 bits per heavy atom. The van der Waals surface area contributed by atoms with Crippen LogP contribution in [0.25, 0.3) is 11.3 Å². The highest BCUT2D eigenvalue weighted by Crippen LogP contribution is 2.31. The Balaban J connectivity index is 1.26. The van der Waals surface area contributed by atoms with Crippen molar-refractivity contribution in [1.82, 2.24) is 24.8 Å². The number of likely N-dealkylation sites (N-methyl/N-ethyl adjacent to an activating group) is 1. The summed E-state index contributed by atoms with van der Waals surface area (Å²) < 4.78 is 11.7. The van der Waals surface area contributed by atoms with Crippen molar-refractivity contribution < 1.29 is 19.4 Å². The summed E-state index contributed by atoms with van der Waals surface area (Å²) in [4.78, 5) is 31.7. The number of likely N-dealkylation sites (tertiary alicyclic amines) is 1. The van der Waals surface area contributed by atoms with Crippen molar-refractivity contribution in [3.63, 3.8) is 0 Å². The number of amides is 1. The van der Waals surface area contributed by atoms with E-state index in [4.69, 9.17) is 9.47 Å². The van der Waals surface area contributed by atoms with Crippen LogP contribution in [0.5, 0.6) is 11.6 Å². The van der Waals surface area contributed by atoms with E-state index in [1.54, 1.807) is 30.2 Å². The Bertz CT molecular complexity index is 1440. The highest BCUT2D eigenvalue weighted by molar-refractivity contribution is 5.80. The zero-order valence-electron chi connectivity index (χ0n) is 24.2. The van der Waals surface area contributed by atoms with Crippen LogP contribution in [0, 0.1) is 11.3 Å². The number of carbonyl (C=O) groups is 1. The number of carbonyl (C=O) groups excluding carboxylic acids is 1. The van der Waals surface area contributed by atoms with Crippen molar-refractivity contribution in [2.45, 2.75) is 32.0 Å². The third-order valence-corrected chi connectivity index (χ3v) is 7.60. The Labute approximate surface area is 245 Å². The molecule has 0 bridgehead atoms. The maximum atomic E-state index is 12.0. The van der Waals surface area contributed by atoms with Gasteiger partial charge >= 0.3 is 0 Å². The number of aliphatic hydroxyl groups excluding tert-OH is 1. The number of nitrogens with zero attached hydrogens (tertiary/aromatic N) is 7. The van der Waals surface area contributed by atoms with Crippen LogP contribution in [-0.2, 0) is 4.79 Å². The van der Waals surface area contributed by atoms with Gasteiger partial charge < -0.3 is 34.6 Å². The monoisotopic (exact) mass is 572 g/mol. The van der Waals surface area contributed by atoms with Crippen molar-refractivity contribution in [1.29, 1.82) is 5.26 Å². The summed E-state index contributed by atoms with van der Waals surface area (Å²) in [5.41, 5.74) is 2.75. The number of rotatable bonds is 8. The standard InChI is InChI=1S/C30H36N8O4/c1-20(39)30(40)38-10-8-23(9-11-38)42-26-6-4-21(16-22(26)18-31)24-17-28(33-19-32-24)34-27-7-5-25(29(35-27)41-3)37-14-12-36(2)13-15-37/h4-7,16-17,19-20,23,39H,8-15H2,1-3H3,(H,32,33,34,35). The highest BCUT2D eigenvalue weighted by Gasteiger charge is 2.26. The molecule has 2 N–H and O–H groups in total. The second-order valence-corrected chi connectivity index (χ2v) is 10.6. The minimum absolute atomic E-state index is 0.122. The van der Waals surface area contributed by atoms with Gasteiger partial charge in [-0.1, -0.05) is 0 Å². The topological polar surface area (TPSA) is 140 Å². The van der Waals surface area contributed by atoms with Crippen LogP contribution < -0.4 is 19.7 Å².